The molecule has 14 heavy (non-hydrogen) atoms. The lowest BCUT2D eigenvalue weighted by molar-refractivity contribution is 0.0229. The van der Waals surface area contributed by atoms with Crippen molar-refractivity contribution >= 4 is 0 Å². The molecule has 0 fully saturated rings. The van der Waals surface area contributed by atoms with Crippen LogP contribution in [0, 0.1) is 5.92 Å². The molecule has 0 bridgehead atoms. The Morgan fingerprint density at radius 2 is 2.00 bits per heavy atom. The van der Waals surface area contributed by atoms with Crippen LogP contribution in [-0.2, 0) is 9.47 Å². The van der Waals surface area contributed by atoms with E-state index in [4.69, 9.17) is 9.47 Å². The van der Waals surface area contributed by atoms with Gasteiger partial charge < -0.3 is 9.47 Å². The van der Waals surface area contributed by atoms with Crippen LogP contribution in [0.3, 0.4) is 0 Å². The van der Waals surface area contributed by atoms with Gasteiger partial charge in [0.05, 0.1) is 12.7 Å². The van der Waals surface area contributed by atoms with E-state index in [9.17, 15) is 0 Å². The molecule has 0 amide bonds. The molecule has 0 saturated heterocycles. The fourth-order valence-corrected chi connectivity index (χ4v) is 1.64. The molecule has 0 aromatic carbocycles. The molecule has 0 N–H and O–H groups in total. The Bertz CT molecular complexity index is 154. The number of unbranched alkanes of at least 4 members (excludes halogenated alkanes) is 1. The summed E-state index contributed by atoms with van der Waals surface area (Å²) < 4.78 is 10.7. The topological polar surface area (TPSA) is 18.5 Å². The summed E-state index contributed by atoms with van der Waals surface area (Å²) in [7, 11) is 3.49. The quantitative estimate of drug-likeness (QED) is 0.561. The second-order valence-corrected chi connectivity index (χ2v) is 3.82. The first-order valence-corrected chi connectivity index (χ1v) is 5.34. The fourth-order valence-electron chi connectivity index (χ4n) is 1.64. The Balaban J connectivity index is 4.18. The lowest BCUT2D eigenvalue weighted by Gasteiger charge is -2.25. The zero-order valence-electron chi connectivity index (χ0n) is 10.0. The van der Waals surface area contributed by atoms with Crippen LogP contribution in [0.5, 0.6) is 0 Å². The van der Waals surface area contributed by atoms with Gasteiger partial charge in [-0.15, -0.1) is 0 Å². The lowest BCUT2D eigenvalue weighted by Crippen LogP contribution is -2.27. The van der Waals surface area contributed by atoms with E-state index in [-0.39, 0.29) is 6.10 Å². The molecule has 0 heterocycles. The van der Waals surface area contributed by atoms with Gasteiger partial charge in [-0.2, -0.15) is 0 Å². The van der Waals surface area contributed by atoms with E-state index in [2.05, 4.69) is 13.5 Å². The van der Waals surface area contributed by atoms with E-state index < -0.39 is 0 Å². The molecule has 0 aromatic rings. The van der Waals surface area contributed by atoms with Crippen molar-refractivity contribution in [3.8, 4) is 0 Å². The van der Waals surface area contributed by atoms with Crippen LogP contribution in [0.4, 0.5) is 0 Å². The molecule has 0 spiro atoms. The summed E-state index contributed by atoms with van der Waals surface area (Å²) in [5.74, 6) is 0.330. The van der Waals surface area contributed by atoms with Crippen LogP contribution in [0.1, 0.15) is 33.1 Å². The minimum Gasteiger partial charge on any atom is -0.384 e. The third kappa shape index (κ3) is 4.77. The summed E-state index contributed by atoms with van der Waals surface area (Å²) in [6.45, 7) is 8.93. The fraction of sp³-hybridized carbons (Fsp3) is 0.833. The Labute approximate surface area is 88.3 Å². The molecule has 2 atom stereocenters. The second-order valence-electron chi connectivity index (χ2n) is 3.82. The van der Waals surface area contributed by atoms with E-state index in [1.807, 2.05) is 6.92 Å². The van der Waals surface area contributed by atoms with Crippen LogP contribution >= 0.6 is 0 Å². The number of ether oxygens (including phenoxy) is 2. The Kier molecular flexibility index (Phi) is 7.81. The smallest absolute Gasteiger partial charge is 0.0658 e. The molecule has 0 aliphatic heterocycles. The van der Waals surface area contributed by atoms with E-state index in [1.165, 1.54) is 12.8 Å². The molecular formula is C12H24O2. The van der Waals surface area contributed by atoms with E-state index in [1.54, 1.807) is 14.2 Å². The molecule has 0 rings (SSSR count). The summed E-state index contributed by atoms with van der Waals surface area (Å²) in [6, 6.07) is 0. The average Bonchev–Trinajstić information content (AvgIpc) is 2.17. The van der Waals surface area contributed by atoms with E-state index >= 15 is 0 Å². The van der Waals surface area contributed by atoms with E-state index in [0.717, 1.165) is 12.0 Å². The Morgan fingerprint density at radius 3 is 2.36 bits per heavy atom. The van der Waals surface area contributed by atoms with Gasteiger partial charge in [0.2, 0.25) is 0 Å². The third-order valence-electron chi connectivity index (χ3n) is 2.57. The standard InChI is InChI=1S/C12H24O2/c1-6-7-8-12(14-5)11(9-13-4)10(2)3/h11-12H,2,6-9H2,1,3-5H3. The molecule has 2 unspecified atom stereocenters. The normalized spacial score (nSPS) is 15.1. The molecule has 0 radical (unpaired) electrons. The summed E-state index contributed by atoms with van der Waals surface area (Å²) in [5, 5.41) is 0. The zero-order valence-corrected chi connectivity index (χ0v) is 10.0. The van der Waals surface area contributed by atoms with Crippen LogP contribution < -0.4 is 0 Å². The number of rotatable bonds is 8. The van der Waals surface area contributed by atoms with Gasteiger partial charge in [0, 0.05) is 20.1 Å². The van der Waals surface area contributed by atoms with Crippen molar-refractivity contribution in [2.75, 3.05) is 20.8 Å². The zero-order chi connectivity index (χ0) is 11.0. The molecule has 2 heteroatoms. The summed E-state index contributed by atoms with van der Waals surface area (Å²) in [4.78, 5) is 0. The molecule has 2 nitrogen and oxygen atoms in total. The van der Waals surface area contributed by atoms with Crippen LogP contribution in [0.2, 0.25) is 0 Å². The van der Waals surface area contributed by atoms with Gasteiger partial charge >= 0.3 is 0 Å². The monoisotopic (exact) mass is 200 g/mol. The van der Waals surface area contributed by atoms with Crippen molar-refractivity contribution in [1.29, 1.82) is 0 Å². The largest absolute Gasteiger partial charge is 0.384 e. The molecule has 0 saturated carbocycles. The van der Waals surface area contributed by atoms with Crippen molar-refractivity contribution in [2.24, 2.45) is 5.92 Å². The first-order valence-electron chi connectivity index (χ1n) is 5.34. The Morgan fingerprint density at radius 1 is 1.36 bits per heavy atom. The highest BCUT2D eigenvalue weighted by Gasteiger charge is 2.21. The first-order chi connectivity index (χ1) is 6.67. The van der Waals surface area contributed by atoms with Crippen molar-refractivity contribution in [3.05, 3.63) is 12.2 Å². The third-order valence-corrected chi connectivity index (χ3v) is 2.57. The van der Waals surface area contributed by atoms with E-state index in [0.29, 0.717) is 12.5 Å². The van der Waals surface area contributed by atoms with Gasteiger partial charge in [-0.05, 0) is 13.3 Å². The number of hydrogen-bond acceptors (Lipinski definition) is 2. The highest BCUT2D eigenvalue weighted by Crippen LogP contribution is 2.20. The minimum atomic E-state index is 0.257. The van der Waals surface area contributed by atoms with Gasteiger partial charge in [0.1, 0.15) is 0 Å². The minimum absolute atomic E-state index is 0.257. The molecule has 0 aliphatic carbocycles. The lowest BCUT2D eigenvalue weighted by atomic mass is 9.92. The molecule has 0 aliphatic rings. The van der Waals surface area contributed by atoms with Gasteiger partial charge in [-0.25, -0.2) is 0 Å². The van der Waals surface area contributed by atoms with Crippen molar-refractivity contribution in [1.82, 2.24) is 0 Å². The highest BCUT2D eigenvalue weighted by molar-refractivity contribution is 4.99. The second kappa shape index (κ2) is 8.01. The SMILES string of the molecule is C=C(C)C(COC)C(CCCC)OC. The average molecular weight is 200 g/mol. The van der Waals surface area contributed by atoms with Crippen LogP contribution in [-0.4, -0.2) is 26.9 Å². The van der Waals surface area contributed by atoms with Gasteiger partial charge in [-0.1, -0.05) is 31.9 Å². The molecule has 84 valence electrons. The maximum Gasteiger partial charge on any atom is 0.0658 e. The van der Waals surface area contributed by atoms with Gasteiger partial charge in [-0.3, -0.25) is 0 Å². The summed E-state index contributed by atoms with van der Waals surface area (Å²) >= 11 is 0. The molecular weight excluding hydrogens is 176 g/mol. The number of methoxy groups -OCH3 is 2. The van der Waals surface area contributed by atoms with Crippen LogP contribution in [0.25, 0.3) is 0 Å². The summed E-state index contributed by atoms with van der Waals surface area (Å²) in [5.41, 5.74) is 1.15. The van der Waals surface area contributed by atoms with Crippen molar-refractivity contribution in [3.63, 3.8) is 0 Å². The molecule has 0 aromatic heterocycles. The van der Waals surface area contributed by atoms with Gasteiger partial charge in [0.25, 0.3) is 0 Å². The highest BCUT2D eigenvalue weighted by atomic mass is 16.5. The Hall–Kier alpha value is -0.340. The maximum atomic E-state index is 5.49. The predicted molar refractivity (Wildman–Crippen MR) is 60.5 cm³/mol. The van der Waals surface area contributed by atoms with Crippen molar-refractivity contribution in [2.45, 2.75) is 39.2 Å². The van der Waals surface area contributed by atoms with Gasteiger partial charge in [0.15, 0.2) is 0 Å². The van der Waals surface area contributed by atoms with Crippen LogP contribution in [0.15, 0.2) is 12.2 Å². The summed E-state index contributed by atoms with van der Waals surface area (Å²) in [6.07, 6.45) is 3.75. The maximum absolute atomic E-state index is 5.49. The van der Waals surface area contributed by atoms with Crippen molar-refractivity contribution < 1.29 is 9.47 Å². The number of hydrogen-bond donors (Lipinski definition) is 0. The predicted octanol–water partition coefficient (Wildman–Crippen LogP) is 3.03. The first kappa shape index (κ1) is 13.7.